The standard InChI is InChI=1S/C18H20N6O/c1-12(2)6-16-20-8-14-9-24(10-15(14)21-16)11-17-22-23-18(25-17)13-4-3-5-19-7-13/h3-5,7-8,12H,6,9-11H2,1-2H3. The van der Waals surface area contributed by atoms with Crippen LogP contribution in [0.5, 0.6) is 0 Å². The first-order valence-corrected chi connectivity index (χ1v) is 8.46. The monoisotopic (exact) mass is 336 g/mol. The molecule has 0 aromatic carbocycles. The summed E-state index contributed by atoms with van der Waals surface area (Å²) in [6.07, 6.45) is 6.30. The molecule has 0 N–H and O–H groups in total. The van der Waals surface area contributed by atoms with Crippen molar-refractivity contribution in [3.63, 3.8) is 0 Å². The Morgan fingerprint density at radius 1 is 1.20 bits per heavy atom. The summed E-state index contributed by atoms with van der Waals surface area (Å²) < 4.78 is 5.77. The normalized spacial score (nSPS) is 14.2. The van der Waals surface area contributed by atoms with Gasteiger partial charge < -0.3 is 4.42 Å². The fourth-order valence-corrected chi connectivity index (χ4v) is 2.95. The third kappa shape index (κ3) is 3.56. The zero-order chi connectivity index (χ0) is 17.2. The fraction of sp³-hybridized carbons (Fsp3) is 0.389. The van der Waals surface area contributed by atoms with Gasteiger partial charge in [-0.1, -0.05) is 13.8 Å². The summed E-state index contributed by atoms with van der Waals surface area (Å²) in [4.78, 5) is 15.5. The van der Waals surface area contributed by atoms with E-state index in [1.54, 1.807) is 12.4 Å². The van der Waals surface area contributed by atoms with Crippen molar-refractivity contribution < 1.29 is 4.42 Å². The zero-order valence-electron chi connectivity index (χ0n) is 14.4. The van der Waals surface area contributed by atoms with Gasteiger partial charge in [-0.25, -0.2) is 9.97 Å². The van der Waals surface area contributed by atoms with Crippen LogP contribution in [0, 0.1) is 5.92 Å². The molecule has 4 heterocycles. The number of nitrogens with zero attached hydrogens (tertiary/aromatic N) is 6. The van der Waals surface area contributed by atoms with Crippen LogP contribution in [-0.4, -0.2) is 30.0 Å². The molecule has 0 atom stereocenters. The van der Waals surface area contributed by atoms with Crippen LogP contribution in [0.4, 0.5) is 0 Å². The Morgan fingerprint density at radius 3 is 2.92 bits per heavy atom. The largest absolute Gasteiger partial charge is 0.419 e. The molecule has 0 unspecified atom stereocenters. The second kappa shape index (κ2) is 6.68. The maximum absolute atomic E-state index is 5.77. The number of hydrogen-bond donors (Lipinski definition) is 0. The van der Waals surface area contributed by atoms with Crippen molar-refractivity contribution in [2.75, 3.05) is 0 Å². The lowest BCUT2D eigenvalue weighted by Gasteiger charge is -2.10. The molecule has 0 radical (unpaired) electrons. The van der Waals surface area contributed by atoms with Crippen LogP contribution >= 0.6 is 0 Å². The van der Waals surface area contributed by atoms with Gasteiger partial charge >= 0.3 is 0 Å². The molecular weight excluding hydrogens is 316 g/mol. The van der Waals surface area contributed by atoms with E-state index in [-0.39, 0.29) is 0 Å². The summed E-state index contributed by atoms with van der Waals surface area (Å²) in [6.45, 7) is 6.55. The Balaban J connectivity index is 1.44. The molecule has 0 saturated carbocycles. The van der Waals surface area contributed by atoms with Gasteiger partial charge in [-0.05, 0) is 18.1 Å². The molecule has 0 spiro atoms. The van der Waals surface area contributed by atoms with Gasteiger partial charge in [0.15, 0.2) is 0 Å². The number of aromatic nitrogens is 5. The molecule has 4 rings (SSSR count). The number of hydrogen-bond acceptors (Lipinski definition) is 7. The molecule has 7 heteroatoms. The van der Waals surface area contributed by atoms with Crippen LogP contribution < -0.4 is 0 Å². The van der Waals surface area contributed by atoms with Crippen LogP contribution in [0.15, 0.2) is 35.1 Å². The molecule has 0 bridgehead atoms. The van der Waals surface area contributed by atoms with Crippen molar-refractivity contribution in [2.24, 2.45) is 5.92 Å². The van der Waals surface area contributed by atoms with Crippen LogP contribution in [-0.2, 0) is 26.1 Å². The third-order valence-electron chi connectivity index (χ3n) is 4.10. The average Bonchev–Trinajstić information content (AvgIpc) is 3.21. The van der Waals surface area contributed by atoms with Crippen LogP contribution in [0.3, 0.4) is 0 Å². The first-order chi connectivity index (χ1) is 12.2. The second-order valence-electron chi connectivity index (χ2n) is 6.74. The topological polar surface area (TPSA) is 80.8 Å². The highest BCUT2D eigenvalue weighted by molar-refractivity contribution is 5.49. The Hall–Kier alpha value is -2.67. The zero-order valence-corrected chi connectivity index (χ0v) is 14.4. The van der Waals surface area contributed by atoms with Gasteiger partial charge in [-0.15, -0.1) is 10.2 Å². The van der Waals surface area contributed by atoms with E-state index in [4.69, 9.17) is 9.40 Å². The van der Waals surface area contributed by atoms with Crippen molar-refractivity contribution in [3.8, 4) is 11.5 Å². The van der Waals surface area contributed by atoms with Gasteiger partial charge in [-0.3, -0.25) is 9.88 Å². The molecule has 0 amide bonds. The van der Waals surface area contributed by atoms with E-state index in [1.807, 2.05) is 18.3 Å². The molecule has 3 aromatic rings. The first kappa shape index (κ1) is 15.8. The Kier molecular flexibility index (Phi) is 4.23. The Labute approximate surface area is 146 Å². The summed E-state index contributed by atoms with van der Waals surface area (Å²) in [7, 11) is 0. The number of fused-ring (bicyclic) bond motifs is 1. The minimum absolute atomic E-state index is 0.499. The van der Waals surface area contributed by atoms with E-state index >= 15 is 0 Å². The summed E-state index contributed by atoms with van der Waals surface area (Å²) in [5.41, 5.74) is 3.12. The molecule has 0 aliphatic carbocycles. The summed E-state index contributed by atoms with van der Waals surface area (Å²) in [5.74, 6) is 2.58. The van der Waals surface area contributed by atoms with Gasteiger partial charge in [0.1, 0.15) is 5.82 Å². The lowest BCUT2D eigenvalue weighted by atomic mass is 10.1. The molecule has 3 aromatic heterocycles. The average molecular weight is 336 g/mol. The molecule has 7 nitrogen and oxygen atoms in total. The third-order valence-corrected chi connectivity index (χ3v) is 4.10. The van der Waals surface area contributed by atoms with Crippen LogP contribution in [0.2, 0.25) is 0 Å². The molecule has 128 valence electrons. The van der Waals surface area contributed by atoms with Crippen molar-refractivity contribution >= 4 is 0 Å². The molecule has 1 aliphatic rings. The van der Waals surface area contributed by atoms with E-state index in [9.17, 15) is 0 Å². The van der Waals surface area contributed by atoms with Gasteiger partial charge in [-0.2, -0.15) is 0 Å². The lowest BCUT2D eigenvalue weighted by molar-refractivity contribution is 0.245. The molecule has 25 heavy (non-hydrogen) atoms. The van der Waals surface area contributed by atoms with E-state index < -0.39 is 0 Å². The Bertz CT molecular complexity index is 861. The molecule has 1 aliphatic heterocycles. The first-order valence-electron chi connectivity index (χ1n) is 8.46. The highest BCUT2D eigenvalue weighted by Gasteiger charge is 2.23. The van der Waals surface area contributed by atoms with Crippen LogP contribution in [0.1, 0.15) is 36.8 Å². The maximum Gasteiger partial charge on any atom is 0.249 e. The smallest absolute Gasteiger partial charge is 0.249 e. The molecule has 0 saturated heterocycles. The minimum atomic E-state index is 0.499. The number of pyridine rings is 1. The van der Waals surface area contributed by atoms with Crippen molar-refractivity contribution in [1.82, 2.24) is 30.0 Å². The predicted molar refractivity (Wildman–Crippen MR) is 91.1 cm³/mol. The van der Waals surface area contributed by atoms with Crippen molar-refractivity contribution in [1.29, 1.82) is 0 Å². The van der Waals surface area contributed by atoms with E-state index in [2.05, 4.69) is 38.9 Å². The molecular formula is C18H20N6O. The number of rotatable bonds is 5. The lowest BCUT2D eigenvalue weighted by Crippen LogP contribution is -2.16. The maximum atomic E-state index is 5.77. The summed E-state index contributed by atoms with van der Waals surface area (Å²) >= 11 is 0. The van der Waals surface area contributed by atoms with Gasteiger partial charge in [0, 0.05) is 43.7 Å². The quantitative estimate of drug-likeness (QED) is 0.708. The second-order valence-corrected chi connectivity index (χ2v) is 6.74. The summed E-state index contributed by atoms with van der Waals surface area (Å²) in [6, 6.07) is 3.76. The Morgan fingerprint density at radius 2 is 2.12 bits per heavy atom. The summed E-state index contributed by atoms with van der Waals surface area (Å²) in [5, 5.41) is 8.27. The van der Waals surface area contributed by atoms with E-state index in [0.717, 1.165) is 36.6 Å². The SMILES string of the molecule is CC(C)Cc1ncc2c(n1)CN(Cc1nnc(-c3cccnc3)o1)C2. The van der Waals surface area contributed by atoms with Gasteiger partial charge in [0.25, 0.3) is 0 Å². The van der Waals surface area contributed by atoms with Crippen LogP contribution in [0.25, 0.3) is 11.5 Å². The molecule has 0 fully saturated rings. The van der Waals surface area contributed by atoms with Crippen molar-refractivity contribution in [3.05, 3.63) is 53.7 Å². The van der Waals surface area contributed by atoms with Gasteiger partial charge in [0.05, 0.1) is 17.8 Å². The van der Waals surface area contributed by atoms with Crippen molar-refractivity contribution in [2.45, 2.75) is 39.9 Å². The highest BCUT2D eigenvalue weighted by Crippen LogP contribution is 2.23. The van der Waals surface area contributed by atoms with Gasteiger partial charge in [0.2, 0.25) is 11.8 Å². The highest BCUT2D eigenvalue weighted by atomic mass is 16.4. The van der Waals surface area contributed by atoms with E-state index in [1.165, 1.54) is 5.56 Å². The van der Waals surface area contributed by atoms with E-state index in [0.29, 0.717) is 24.2 Å². The predicted octanol–water partition coefficient (Wildman–Crippen LogP) is 2.64. The fourth-order valence-electron chi connectivity index (χ4n) is 2.95. The minimum Gasteiger partial charge on any atom is -0.419 e.